The van der Waals surface area contributed by atoms with E-state index in [0.717, 1.165) is 25.7 Å². The predicted octanol–water partition coefficient (Wildman–Crippen LogP) is 2.74. The maximum atomic E-state index is 11.6. The molecule has 0 saturated heterocycles. The third-order valence-electron chi connectivity index (χ3n) is 3.11. The van der Waals surface area contributed by atoms with Crippen LogP contribution in [0.25, 0.3) is 0 Å². The van der Waals surface area contributed by atoms with Crippen LogP contribution in [0.5, 0.6) is 0 Å². The maximum Gasteiger partial charge on any atom is 0.313 e. The number of Topliss-reactive ketones (excluding diaryl/α,β-unsaturated/α-hetero) is 1. The molecule has 19 heavy (non-hydrogen) atoms. The van der Waals surface area contributed by atoms with Gasteiger partial charge >= 0.3 is 5.97 Å². The highest BCUT2D eigenvalue weighted by atomic mass is 16.5. The number of aromatic nitrogens is 2. The maximum absolute atomic E-state index is 11.6. The Morgan fingerprint density at radius 2 is 2.21 bits per heavy atom. The molecule has 1 aromatic heterocycles. The van der Waals surface area contributed by atoms with E-state index < -0.39 is 5.97 Å². The van der Waals surface area contributed by atoms with Gasteiger partial charge < -0.3 is 4.74 Å². The molecule has 106 valence electrons. The van der Waals surface area contributed by atoms with Crippen LogP contribution >= 0.6 is 0 Å². The number of nitrogens with one attached hydrogen (secondary N) is 1. The summed E-state index contributed by atoms with van der Waals surface area (Å²) >= 11 is 0. The Morgan fingerprint density at radius 3 is 2.79 bits per heavy atom. The first-order valence-corrected chi connectivity index (χ1v) is 6.86. The molecule has 0 saturated carbocycles. The highest BCUT2D eigenvalue weighted by Gasteiger charge is 2.16. The van der Waals surface area contributed by atoms with Crippen molar-refractivity contribution in [1.29, 1.82) is 0 Å². The molecule has 1 atom stereocenters. The Balaban J connectivity index is 2.29. The molecule has 5 nitrogen and oxygen atoms in total. The second kappa shape index (κ2) is 8.45. The minimum atomic E-state index is -0.469. The molecule has 0 bridgehead atoms. The van der Waals surface area contributed by atoms with Crippen molar-refractivity contribution in [3.63, 3.8) is 0 Å². The van der Waals surface area contributed by atoms with Gasteiger partial charge in [0, 0.05) is 6.20 Å². The summed E-state index contributed by atoms with van der Waals surface area (Å²) in [7, 11) is 0. The summed E-state index contributed by atoms with van der Waals surface area (Å²) < 4.78 is 5.16. The average molecular weight is 266 g/mol. The second-order valence-electron chi connectivity index (χ2n) is 4.66. The number of unbranched alkanes of at least 4 members (excludes halogenated alkanes) is 1. The van der Waals surface area contributed by atoms with Gasteiger partial charge in [-0.1, -0.05) is 33.1 Å². The van der Waals surface area contributed by atoms with E-state index in [1.165, 1.54) is 0 Å². The lowest BCUT2D eigenvalue weighted by molar-refractivity contribution is -0.144. The predicted molar refractivity (Wildman–Crippen MR) is 71.8 cm³/mol. The van der Waals surface area contributed by atoms with Gasteiger partial charge in [0.25, 0.3) is 0 Å². The molecule has 5 heteroatoms. The van der Waals surface area contributed by atoms with E-state index in [-0.39, 0.29) is 17.9 Å². The molecule has 1 N–H and O–H groups in total. The van der Waals surface area contributed by atoms with Gasteiger partial charge in [0.1, 0.15) is 12.1 Å². The minimum absolute atomic E-state index is 0.241. The number of hydrogen-bond donors (Lipinski definition) is 1. The third kappa shape index (κ3) is 5.68. The molecular weight excluding hydrogens is 244 g/mol. The number of carbonyl (C=O) groups is 2. The number of esters is 1. The van der Waals surface area contributed by atoms with Crippen molar-refractivity contribution in [1.82, 2.24) is 10.2 Å². The van der Waals surface area contributed by atoms with Crippen LogP contribution < -0.4 is 0 Å². The molecule has 1 heterocycles. The largest absolute Gasteiger partial charge is 0.465 e. The van der Waals surface area contributed by atoms with Crippen molar-refractivity contribution in [3.05, 3.63) is 18.0 Å². The molecule has 0 spiro atoms. The zero-order valence-corrected chi connectivity index (χ0v) is 11.6. The van der Waals surface area contributed by atoms with Crippen LogP contribution in [0.4, 0.5) is 0 Å². The smallest absolute Gasteiger partial charge is 0.313 e. The van der Waals surface area contributed by atoms with E-state index >= 15 is 0 Å². The van der Waals surface area contributed by atoms with Crippen molar-refractivity contribution >= 4 is 11.8 Å². The highest BCUT2D eigenvalue weighted by Crippen LogP contribution is 2.13. The van der Waals surface area contributed by atoms with Crippen molar-refractivity contribution < 1.29 is 14.3 Å². The average Bonchev–Trinajstić information content (AvgIpc) is 2.93. The number of aromatic amines is 1. The van der Waals surface area contributed by atoms with Crippen LogP contribution in [-0.4, -0.2) is 28.6 Å². The van der Waals surface area contributed by atoms with Crippen LogP contribution in [0.15, 0.2) is 12.3 Å². The molecular formula is C14H22N2O3. The van der Waals surface area contributed by atoms with E-state index in [4.69, 9.17) is 4.74 Å². The number of rotatable bonds is 9. The molecule has 0 aliphatic carbocycles. The van der Waals surface area contributed by atoms with E-state index in [1.807, 2.05) is 0 Å². The van der Waals surface area contributed by atoms with E-state index in [2.05, 4.69) is 24.0 Å². The lowest BCUT2D eigenvalue weighted by Crippen LogP contribution is -2.17. The highest BCUT2D eigenvalue weighted by molar-refractivity contribution is 6.04. The molecule has 1 unspecified atom stereocenters. The fourth-order valence-electron chi connectivity index (χ4n) is 1.80. The Morgan fingerprint density at radius 1 is 1.42 bits per heavy atom. The SMILES string of the molecule is CCCCC(CC)COC(=O)CC(=O)c1cc[nH]n1. The van der Waals surface area contributed by atoms with Crippen LogP contribution in [-0.2, 0) is 9.53 Å². The third-order valence-corrected chi connectivity index (χ3v) is 3.11. The number of nitrogens with zero attached hydrogens (tertiary/aromatic N) is 1. The lowest BCUT2D eigenvalue weighted by Gasteiger charge is -2.14. The van der Waals surface area contributed by atoms with Gasteiger partial charge in [-0.05, 0) is 18.4 Å². The standard InChI is InChI=1S/C14H22N2O3/c1-3-5-6-11(4-2)10-19-14(18)9-13(17)12-7-8-15-16-12/h7-8,11H,3-6,9-10H2,1-2H3,(H,15,16). The van der Waals surface area contributed by atoms with Gasteiger partial charge in [0.2, 0.25) is 0 Å². The molecule has 0 amide bonds. The normalized spacial score (nSPS) is 12.1. The van der Waals surface area contributed by atoms with Gasteiger partial charge in [0.15, 0.2) is 5.78 Å². The lowest BCUT2D eigenvalue weighted by atomic mass is 10.0. The van der Waals surface area contributed by atoms with Gasteiger partial charge in [-0.15, -0.1) is 0 Å². The molecule has 0 aliphatic heterocycles. The summed E-state index contributed by atoms with van der Waals surface area (Å²) in [5.74, 6) is -0.389. The van der Waals surface area contributed by atoms with Gasteiger partial charge in [-0.2, -0.15) is 5.10 Å². The Kier molecular flexibility index (Phi) is 6.85. The summed E-state index contributed by atoms with van der Waals surface area (Å²) in [5.41, 5.74) is 0.273. The molecule has 0 fully saturated rings. The molecule has 0 aliphatic rings. The molecule has 1 aromatic rings. The van der Waals surface area contributed by atoms with Gasteiger partial charge in [-0.25, -0.2) is 0 Å². The molecule has 0 aromatic carbocycles. The van der Waals surface area contributed by atoms with Crippen LogP contribution in [0.3, 0.4) is 0 Å². The van der Waals surface area contributed by atoms with E-state index in [0.29, 0.717) is 12.5 Å². The molecule has 0 radical (unpaired) electrons. The minimum Gasteiger partial charge on any atom is -0.465 e. The zero-order chi connectivity index (χ0) is 14.1. The fraction of sp³-hybridized carbons (Fsp3) is 0.643. The summed E-state index contributed by atoms with van der Waals surface area (Å²) in [6, 6.07) is 1.55. The number of H-pyrrole nitrogens is 1. The first-order valence-electron chi connectivity index (χ1n) is 6.86. The number of carbonyl (C=O) groups excluding carboxylic acids is 2. The van der Waals surface area contributed by atoms with Gasteiger partial charge in [0.05, 0.1) is 6.61 Å². The van der Waals surface area contributed by atoms with Crippen molar-refractivity contribution in [2.45, 2.75) is 46.0 Å². The number of ketones is 1. The van der Waals surface area contributed by atoms with Crippen LogP contribution in [0.1, 0.15) is 56.4 Å². The quantitative estimate of drug-likeness (QED) is 0.424. The number of ether oxygens (including phenoxy) is 1. The fourth-order valence-corrected chi connectivity index (χ4v) is 1.80. The summed E-state index contributed by atoms with van der Waals surface area (Å²) in [6.45, 7) is 4.63. The Labute approximate surface area is 113 Å². The van der Waals surface area contributed by atoms with Crippen molar-refractivity contribution in [3.8, 4) is 0 Å². The Bertz CT molecular complexity index is 387. The van der Waals surface area contributed by atoms with Crippen molar-refractivity contribution in [2.75, 3.05) is 6.61 Å². The van der Waals surface area contributed by atoms with Crippen molar-refractivity contribution in [2.24, 2.45) is 5.92 Å². The van der Waals surface area contributed by atoms with Gasteiger partial charge in [-0.3, -0.25) is 14.7 Å². The Hall–Kier alpha value is -1.65. The van der Waals surface area contributed by atoms with E-state index in [9.17, 15) is 9.59 Å². The topological polar surface area (TPSA) is 72.1 Å². The van der Waals surface area contributed by atoms with E-state index in [1.54, 1.807) is 12.3 Å². The van der Waals surface area contributed by atoms with Crippen LogP contribution in [0, 0.1) is 5.92 Å². The zero-order valence-electron chi connectivity index (χ0n) is 11.6. The summed E-state index contributed by atoms with van der Waals surface area (Å²) in [5, 5.41) is 6.28. The second-order valence-corrected chi connectivity index (χ2v) is 4.66. The summed E-state index contributed by atoms with van der Waals surface area (Å²) in [6.07, 6.45) is 5.64. The molecule has 1 rings (SSSR count). The number of hydrogen-bond acceptors (Lipinski definition) is 4. The monoisotopic (exact) mass is 266 g/mol. The van der Waals surface area contributed by atoms with Crippen LogP contribution in [0.2, 0.25) is 0 Å². The first kappa shape index (κ1) is 15.4. The first-order chi connectivity index (χ1) is 9.17. The summed E-state index contributed by atoms with van der Waals surface area (Å²) in [4.78, 5) is 23.2.